The Morgan fingerprint density at radius 2 is 2.29 bits per heavy atom. The second kappa shape index (κ2) is 5.77. The maximum Gasteiger partial charge on any atom is 0.340 e. The average molecular weight is 257 g/mol. The zero-order valence-electron chi connectivity index (χ0n) is 10.0. The Labute approximate surface area is 107 Å². The van der Waals surface area contributed by atoms with Crippen molar-refractivity contribution >= 4 is 29.8 Å². The normalized spacial score (nSPS) is 13.2. The summed E-state index contributed by atoms with van der Waals surface area (Å²) in [5, 5.41) is 3.28. The van der Waals surface area contributed by atoms with Crippen LogP contribution >= 0.6 is 12.4 Å². The molecule has 0 radical (unpaired) electrons. The van der Waals surface area contributed by atoms with Gasteiger partial charge in [0.05, 0.1) is 23.5 Å². The molecule has 0 amide bonds. The van der Waals surface area contributed by atoms with Crippen molar-refractivity contribution in [2.75, 3.05) is 37.0 Å². The van der Waals surface area contributed by atoms with Gasteiger partial charge in [0.25, 0.3) is 0 Å². The fraction of sp³-hybridized carbons (Fsp3) is 0.417. The van der Waals surface area contributed by atoms with Crippen LogP contribution in [0.3, 0.4) is 0 Å². The van der Waals surface area contributed by atoms with E-state index in [-0.39, 0.29) is 18.4 Å². The third-order valence-electron chi connectivity index (χ3n) is 2.68. The number of para-hydroxylation sites is 1. The molecule has 1 aromatic rings. The molecule has 0 aliphatic carbocycles. The molecular formula is C12H17ClN2O2. The van der Waals surface area contributed by atoms with E-state index in [9.17, 15) is 4.79 Å². The van der Waals surface area contributed by atoms with Gasteiger partial charge in [0.1, 0.15) is 0 Å². The maximum absolute atomic E-state index is 11.8. The first-order chi connectivity index (χ1) is 7.74. The first-order valence-electron chi connectivity index (χ1n) is 5.49. The van der Waals surface area contributed by atoms with Crippen molar-refractivity contribution in [2.45, 2.75) is 6.92 Å². The fourth-order valence-electron chi connectivity index (χ4n) is 1.94. The molecule has 0 unspecified atom stereocenters. The van der Waals surface area contributed by atoms with E-state index in [1.54, 1.807) is 6.07 Å². The Bertz CT molecular complexity index is 409. The van der Waals surface area contributed by atoms with Gasteiger partial charge in [-0.1, -0.05) is 6.07 Å². The minimum Gasteiger partial charge on any atom is -0.462 e. The zero-order chi connectivity index (χ0) is 11.5. The van der Waals surface area contributed by atoms with Gasteiger partial charge in [-0.05, 0) is 19.1 Å². The monoisotopic (exact) mass is 256 g/mol. The molecule has 1 aromatic carbocycles. The van der Waals surface area contributed by atoms with Crippen molar-refractivity contribution in [3.63, 3.8) is 0 Å². The van der Waals surface area contributed by atoms with Crippen LogP contribution in [0, 0.1) is 0 Å². The molecule has 1 aliphatic heterocycles. The summed E-state index contributed by atoms with van der Waals surface area (Å²) in [7, 11) is 1.99. The van der Waals surface area contributed by atoms with Crippen LogP contribution in [0.15, 0.2) is 18.2 Å². The molecule has 5 heteroatoms. The number of anilines is 2. The molecule has 0 spiro atoms. The molecule has 2 rings (SSSR count). The number of hydrogen-bond donors (Lipinski definition) is 1. The molecule has 0 atom stereocenters. The highest BCUT2D eigenvalue weighted by molar-refractivity contribution is 5.99. The quantitative estimate of drug-likeness (QED) is 0.824. The first-order valence-corrected chi connectivity index (χ1v) is 5.49. The van der Waals surface area contributed by atoms with Gasteiger partial charge in [-0.3, -0.25) is 0 Å². The summed E-state index contributed by atoms with van der Waals surface area (Å²) in [6.07, 6.45) is 0. The van der Waals surface area contributed by atoms with Crippen LogP contribution in [0.1, 0.15) is 17.3 Å². The van der Waals surface area contributed by atoms with Crippen molar-refractivity contribution in [2.24, 2.45) is 0 Å². The predicted octanol–water partition coefficient (Wildman–Crippen LogP) is 2.15. The Morgan fingerprint density at radius 1 is 1.53 bits per heavy atom. The van der Waals surface area contributed by atoms with Crippen molar-refractivity contribution in [3.8, 4) is 0 Å². The average Bonchev–Trinajstić information content (AvgIpc) is 2.29. The number of carbonyl (C=O) groups is 1. The second-order valence-corrected chi connectivity index (χ2v) is 3.77. The number of hydrogen-bond acceptors (Lipinski definition) is 4. The number of benzene rings is 1. The van der Waals surface area contributed by atoms with Gasteiger partial charge in [0.2, 0.25) is 0 Å². The number of halogens is 1. The van der Waals surface area contributed by atoms with Gasteiger partial charge in [-0.25, -0.2) is 4.79 Å². The predicted molar refractivity (Wildman–Crippen MR) is 71.4 cm³/mol. The van der Waals surface area contributed by atoms with Crippen molar-refractivity contribution in [1.29, 1.82) is 0 Å². The van der Waals surface area contributed by atoms with E-state index in [1.165, 1.54) is 0 Å². The van der Waals surface area contributed by atoms with Gasteiger partial charge < -0.3 is 15.0 Å². The third kappa shape index (κ3) is 2.64. The summed E-state index contributed by atoms with van der Waals surface area (Å²) in [4.78, 5) is 13.9. The lowest BCUT2D eigenvalue weighted by Crippen LogP contribution is -2.32. The van der Waals surface area contributed by atoms with Crippen LogP contribution in [-0.4, -0.2) is 32.7 Å². The number of rotatable bonds is 2. The summed E-state index contributed by atoms with van der Waals surface area (Å²) in [6, 6.07) is 5.66. The minimum atomic E-state index is -0.255. The van der Waals surface area contributed by atoms with Crippen LogP contribution in [0.4, 0.5) is 11.4 Å². The van der Waals surface area contributed by atoms with Crippen LogP contribution in [0.25, 0.3) is 0 Å². The Balaban J connectivity index is 0.00000144. The van der Waals surface area contributed by atoms with E-state index in [0.717, 1.165) is 24.5 Å². The van der Waals surface area contributed by atoms with E-state index in [2.05, 4.69) is 10.2 Å². The molecule has 17 heavy (non-hydrogen) atoms. The van der Waals surface area contributed by atoms with Gasteiger partial charge in [-0.2, -0.15) is 0 Å². The van der Waals surface area contributed by atoms with E-state index in [0.29, 0.717) is 12.2 Å². The molecule has 1 N–H and O–H groups in total. The maximum atomic E-state index is 11.8. The van der Waals surface area contributed by atoms with Crippen LogP contribution < -0.4 is 10.2 Å². The lowest BCUT2D eigenvalue weighted by Gasteiger charge is -2.30. The summed E-state index contributed by atoms with van der Waals surface area (Å²) >= 11 is 0. The van der Waals surface area contributed by atoms with Crippen molar-refractivity contribution in [3.05, 3.63) is 23.8 Å². The van der Waals surface area contributed by atoms with Crippen LogP contribution in [-0.2, 0) is 4.74 Å². The number of ether oxygens (including phenoxy) is 1. The SMILES string of the molecule is CCOC(=O)c1cccc2c1N(C)CCN2.Cl. The molecular weight excluding hydrogens is 240 g/mol. The lowest BCUT2D eigenvalue weighted by atomic mass is 10.1. The number of esters is 1. The molecule has 1 aliphatic rings. The van der Waals surface area contributed by atoms with E-state index >= 15 is 0 Å². The van der Waals surface area contributed by atoms with Crippen LogP contribution in [0.5, 0.6) is 0 Å². The Hall–Kier alpha value is -1.42. The molecule has 4 nitrogen and oxygen atoms in total. The van der Waals surface area contributed by atoms with Gasteiger partial charge in [-0.15, -0.1) is 12.4 Å². The zero-order valence-corrected chi connectivity index (χ0v) is 10.8. The number of likely N-dealkylation sites (N-methyl/N-ethyl adjacent to an activating group) is 1. The second-order valence-electron chi connectivity index (χ2n) is 3.77. The summed E-state index contributed by atoms with van der Waals surface area (Å²) in [5.41, 5.74) is 2.57. The van der Waals surface area contributed by atoms with E-state index in [4.69, 9.17) is 4.74 Å². The number of nitrogens with zero attached hydrogens (tertiary/aromatic N) is 1. The van der Waals surface area contributed by atoms with Gasteiger partial charge in [0.15, 0.2) is 0 Å². The molecule has 0 saturated carbocycles. The van der Waals surface area contributed by atoms with Crippen molar-refractivity contribution < 1.29 is 9.53 Å². The topological polar surface area (TPSA) is 41.6 Å². The van der Waals surface area contributed by atoms with Crippen LogP contribution in [0.2, 0.25) is 0 Å². The van der Waals surface area contributed by atoms with Gasteiger partial charge in [0, 0.05) is 20.1 Å². The standard InChI is InChI=1S/C12H16N2O2.ClH/c1-3-16-12(15)9-5-4-6-10-11(9)14(2)8-7-13-10;/h4-6,13H,3,7-8H2,1-2H3;1H. The highest BCUT2D eigenvalue weighted by atomic mass is 35.5. The van der Waals surface area contributed by atoms with Crippen molar-refractivity contribution in [1.82, 2.24) is 0 Å². The highest BCUT2D eigenvalue weighted by Crippen LogP contribution is 2.32. The molecule has 0 fully saturated rings. The summed E-state index contributed by atoms with van der Waals surface area (Å²) in [5.74, 6) is -0.255. The van der Waals surface area contributed by atoms with E-state index in [1.807, 2.05) is 26.1 Å². The highest BCUT2D eigenvalue weighted by Gasteiger charge is 2.21. The summed E-state index contributed by atoms with van der Waals surface area (Å²) in [6.45, 7) is 4.01. The van der Waals surface area contributed by atoms with E-state index < -0.39 is 0 Å². The molecule has 94 valence electrons. The molecule has 1 heterocycles. The Morgan fingerprint density at radius 3 is 3.00 bits per heavy atom. The fourth-order valence-corrected chi connectivity index (χ4v) is 1.94. The minimum absolute atomic E-state index is 0. The van der Waals surface area contributed by atoms with Gasteiger partial charge >= 0.3 is 5.97 Å². The largest absolute Gasteiger partial charge is 0.462 e. The first kappa shape index (κ1) is 13.6. The molecule has 0 bridgehead atoms. The number of carbonyl (C=O) groups excluding carboxylic acids is 1. The molecule has 0 saturated heterocycles. The number of fused-ring (bicyclic) bond motifs is 1. The smallest absolute Gasteiger partial charge is 0.340 e. The third-order valence-corrected chi connectivity index (χ3v) is 2.68. The molecule has 0 aromatic heterocycles. The Kier molecular flexibility index (Phi) is 4.63. The number of nitrogens with one attached hydrogen (secondary N) is 1. The summed E-state index contributed by atoms with van der Waals surface area (Å²) < 4.78 is 5.05. The lowest BCUT2D eigenvalue weighted by molar-refractivity contribution is 0.0527.